The lowest BCUT2D eigenvalue weighted by Crippen LogP contribution is -2.25. The van der Waals surface area contributed by atoms with Crippen LogP contribution in [0.3, 0.4) is 0 Å². The van der Waals surface area contributed by atoms with Gasteiger partial charge in [-0.15, -0.1) is 0 Å². The molecule has 0 saturated heterocycles. The molecule has 0 amide bonds. The van der Waals surface area contributed by atoms with E-state index in [-0.39, 0.29) is 5.56 Å². The second kappa shape index (κ2) is 6.61. The van der Waals surface area contributed by atoms with E-state index in [1.54, 1.807) is 22.5 Å². The molecule has 0 unspecified atom stereocenters. The normalized spacial score (nSPS) is 22.0. The Morgan fingerprint density at radius 2 is 2.11 bits per heavy atom. The van der Waals surface area contributed by atoms with Crippen LogP contribution in [0, 0.1) is 0 Å². The maximum Gasteiger partial charge on any atom is 0.278 e. The summed E-state index contributed by atoms with van der Waals surface area (Å²) in [7, 11) is 0. The molecule has 1 N–H and O–H groups in total. The van der Waals surface area contributed by atoms with Gasteiger partial charge in [0.15, 0.2) is 16.6 Å². The molecule has 2 bridgehead atoms. The van der Waals surface area contributed by atoms with Gasteiger partial charge in [-0.05, 0) is 45.1 Å². The lowest BCUT2D eigenvalue weighted by molar-refractivity contribution is 0.0442. The molecule has 140 valence electrons. The van der Waals surface area contributed by atoms with E-state index >= 15 is 0 Å². The molecule has 3 aromatic rings. The fraction of sp³-hybridized carbons (Fsp3) is 0.368. The average molecular weight is 383 g/mol. The molecule has 0 saturated carbocycles. The van der Waals surface area contributed by atoms with Crippen LogP contribution in [0.4, 0.5) is 0 Å². The van der Waals surface area contributed by atoms with Gasteiger partial charge in [0.05, 0.1) is 12.2 Å². The third-order valence-electron chi connectivity index (χ3n) is 4.86. The number of fused-ring (bicyclic) bond motifs is 6. The Morgan fingerprint density at radius 1 is 1.30 bits per heavy atom. The summed E-state index contributed by atoms with van der Waals surface area (Å²) in [5, 5.41) is 11.9. The number of aliphatic hydroxyl groups is 1. The molecule has 3 aromatic heterocycles. The largest absolute Gasteiger partial charge is 0.384 e. The van der Waals surface area contributed by atoms with Crippen LogP contribution >= 0.6 is 11.8 Å². The van der Waals surface area contributed by atoms with Gasteiger partial charge in [-0.25, -0.2) is 24.3 Å². The van der Waals surface area contributed by atoms with E-state index in [4.69, 9.17) is 0 Å². The number of pyridine rings is 1. The van der Waals surface area contributed by atoms with Crippen LogP contribution in [-0.2, 0) is 12.1 Å². The minimum atomic E-state index is -1.05. The van der Waals surface area contributed by atoms with Crippen molar-refractivity contribution in [3.05, 3.63) is 52.1 Å². The van der Waals surface area contributed by atoms with Gasteiger partial charge in [0, 0.05) is 6.20 Å². The second-order valence-corrected chi connectivity index (χ2v) is 7.79. The summed E-state index contributed by atoms with van der Waals surface area (Å²) in [5.41, 5.74) is 0.946. The van der Waals surface area contributed by atoms with Crippen molar-refractivity contribution in [1.82, 2.24) is 24.3 Å². The van der Waals surface area contributed by atoms with Crippen molar-refractivity contribution in [1.29, 1.82) is 0 Å². The van der Waals surface area contributed by atoms with Crippen molar-refractivity contribution in [3.63, 3.8) is 0 Å². The van der Waals surface area contributed by atoms with Gasteiger partial charge in [0.1, 0.15) is 11.0 Å². The van der Waals surface area contributed by atoms with E-state index in [9.17, 15) is 9.90 Å². The van der Waals surface area contributed by atoms with Crippen molar-refractivity contribution in [2.75, 3.05) is 6.26 Å². The Balaban J connectivity index is 2.09. The van der Waals surface area contributed by atoms with Crippen molar-refractivity contribution >= 4 is 22.8 Å². The molecule has 27 heavy (non-hydrogen) atoms. The summed E-state index contributed by atoms with van der Waals surface area (Å²) in [6.07, 6.45) is 6.80. The molecular weight excluding hydrogens is 362 g/mol. The predicted octanol–water partition coefficient (Wildman–Crippen LogP) is 2.65. The number of nitrogens with zero attached hydrogens (tertiary/aromatic N) is 5. The van der Waals surface area contributed by atoms with Gasteiger partial charge < -0.3 is 5.11 Å². The summed E-state index contributed by atoms with van der Waals surface area (Å²) in [6.45, 7) is 4.19. The van der Waals surface area contributed by atoms with E-state index in [0.717, 1.165) is 5.57 Å². The van der Waals surface area contributed by atoms with Crippen LogP contribution in [0.15, 0.2) is 46.0 Å². The van der Waals surface area contributed by atoms with Crippen molar-refractivity contribution in [2.24, 2.45) is 0 Å². The standard InChI is InChI=1S/C19H21N5O2S/c1-12-6-5-9-19(2,26)14-7-4-8-15(21-14)24-16-13(17(25)23(24)11-12)10-20-18(22-16)27-3/h4,6-8,10,26H,5,9,11H2,1-3H3/b12-6-/t19-/m1/s1. The van der Waals surface area contributed by atoms with E-state index in [2.05, 4.69) is 21.0 Å². The first-order chi connectivity index (χ1) is 12.9. The van der Waals surface area contributed by atoms with E-state index < -0.39 is 5.60 Å². The van der Waals surface area contributed by atoms with Gasteiger partial charge >= 0.3 is 0 Å². The Hall–Kier alpha value is -2.45. The van der Waals surface area contributed by atoms with E-state index in [0.29, 0.717) is 47.1 Å². The molecule has 0 fully saturated rings. The molecule has 1 aliphatic rings. The quantitative estimate of drug-likeness (QED) is 0.395. The molecule has 1 atom stereocenters. The highest BCUT2D eigenvalue weighted by molar-refractivity contribution is 7.98. The molecule has 8 heteroatoms. The third-order valence-corrected chi connectivity index (χ3v) is 5.42. The van der Waals surface area contributed by atoms with Crippen molar-refractivity contribution < 1.29 is 5.11 Å². The lowest BCUT2D eigenvalue weighted by Gasteiger charge is -2.22. The smallest absolute Gasteiger partial charge is 0.278 e. The fourth-order valence-corrected chi connectivity index (χ4v) is 3.69. The minimum Gasteiger partial charge on any atom is -0.384 e. The summed E-state index contributed by atoms with van der Waals surface area (Å²) >= 11 is 1.42. The Labute approximate surface area is 160 Å². The van der Waals surface area contributed by atoms with Crippen LogP contribution in [0.2, 0.25) is 0 Å². The molecule has 0 aromatic carbocycles. The lowest BCUT2D eigenvalue weighted by atomic mass is 9.95. The Bertz CT molecular complexity index is 1110. The topological polar surface area (TPSA) is 85.8 Å². The average Bonchev–Trinajstić information content (AvgIpc) is 2.92. The Kier molecular flexibility index (Phi) is 4.39. The minimum absolute atomic E-state index is 0.149. The van der Waals surface area contributed by atoms with Gasteiger partial charge in [-0.1, -0.05) is 29.5 Å². The first kappa shape index (κ1) is 17.9. The van der Waals surface area contributed by atoms with Gasteiger partial charge in [0.25, 0.3) is 5.56 Å². The number of hydrogen-bond acceptors (Lipinski definition) is 6. The van der Waals surface area contributed by atoms with E-state index in [1.807, 2.05) is 31.4 Å². The van der Waals surface area contributed by atoms with Gasteiger partial charge in [-0.2, -0.15) is 0 Å². The maximum absolute atomic E-state index is 13.0. The monoisotopic (exact) mass is 383 g/mol. The van der Waals surface area contributed by atoms with Gasteiger partial charge in [-0.3, -0.25) is 4.79 Å². The third kappa shape index (κ3) is 3.08. The zero-order chi connectivity index (χ0) is 19.2. The fourth-order valence-electron chi connectivity index (χ4n) is 3.36. The summed E-state index contributed by atoms with van der Waals surface area (Å²) in [5.74, 6) is 0.556. The maximum atomic E-state index is 13.0. The summed E-state index contributed by atoms with van der Waals surface area (Å²) in [4.78, 5) is 26.5. The van der Waals surface area contributed by atoms with Crippen LogP contribution in [0.1, 0.15) is 32.4 Å². The number of rotatable bonds is 1. The summed E-state index contributed by atoms with van der Waals surface area (Å²) < 4.78 is 3.38. The second-order valence-electron chi connectivity index (χ2n) is 7.01. The highest BCUT2D eigenvalue weighted by Gasteiger charge is 2.26. The molecule has 4 rings (SSSR count). The van der Waals surface area contributed by atoms with Crippen LogP contribution in [0.5, 0.6) is 0 Å². The van der Waals surface area contributed by atoms with Gasteiger partial charge in [0.2, 0.25) is 0 Å². The molecule has 0 spiro atoms. The number of allylic oxidation sites excluding steroid dienone is 2. The highest BCUT2D eigenvalue weighted by Crippen LogP contribution is 2.27. The van der Waals surface area contributed by atoms with Crippen molar-refractivity contribution in [3.8, 4) is 5.82 Å². The SMILES string of the molecule is CSc1ncc2c(=O)n3n(c2n1)-c1cccc(n1)[C@](C)(O)CC/C=C(/C)C3. The van der Waals surface area contributed by atoms with Crippen LogP contribution in [-0.4, -0.2) is 35.7 Å². The highest BCUT2D eigenvalue weighted by atomic mass is 32.2. The van der Waals surface area contributed by atoms with Crippen LogP contribution in [0.25, 0.3) is 16.9 Å². The molecule has 0 aliphatic carbocycles. The first-order valence-electron chi connectivity index (χ1n) is 8.79. The zero-order valence-corrected chi connectivity index (χ0v) is 16.3. The number of hydrogen-bond donors (Lipinski definition) is 1. The number of thioether (sulfide) groups is 1. The molecular formula is C19H21N5O2S. The van der Waals surface area contributed by atoms with Crippen LogP contribution < -0.4 is 5.56 Å². The number of aromatic nitrogens is 5. The zero-order valence-electron chi connectivity index (χ0n) is 15.5. The molecule has 0 radical (unpaired) electrons. The molecule has 7 nitrogen and oxygen atoms in total. The molecule has 4 heterocycles. The first-order valence-corrected chi connectivity index (χ1v) is 10.0. The van der Waals surface area contributed by atoms with Crippen molar-refractivity contribution in [2.45, 2.75) is 44.0 Å². The predicted molar refractivity (Wildman–Crippen MR) is 105 cm³/mol. The molecule has 1 aliphatic heterocycles. The van der Waals surface area contributed by atoms with E-state index in [1.165, 1.54) is 11.8 Å². The summed E-state index contributed by atoms with van der Waals surface area (Å²) in [6, 6.07) is 5.49. The Morgan fingerprint density at radius 3 is 2.89 bits per heavy atom.